The van der Waals surface area contributed by atoms with Crippen LogP contribution in [0.4, 0.5) is 0 Å². The van der Waals surface area contributed by atoms with Crippen LogP contribution >= 0.6 is 11.6 Å². The molecule has 1 aromatic carbocycles. The van der Waals surface area contributed by atoms with Crippen LogP contribution in [-0.2, 0) is 14.3 Å². The molecule has 0 N–H and O–H groups in total. The maximum absolute atomic E-state index is 5.88. The molecule has 1 fully saturated rings. The number of rotatable bonds is 2. The molecule has 2 aliphatic heterocycles. The quantitative estimate of drug-likeness (QED) is 0.835. The Morgan fingerprint density at radius 1 is 1.21 bits per heavy atom. The van der Waals surface area contributed by atoms with Gasteiger partial charge in [0.25, 0.3) is 0 Å². The molecule has 2 heterocycles. The Hall–Kier alpha value is -1.10. The van der Waals surface area contributed by atoms with Crippen molar-refractivity contribution in [2.75, 3.05) is 6.61 Å². The Kier molecular flexibility index (Phi) is 3.25. The van der Waals surface area contributed by atoms with Crippen LogP contribution in [-0.4, -0.2) is 24.2 Å². The zero-order chi connectivity index (χ0) is 13.5. The fourth-order valence-electron chi connectivity index (χ4n) is 2.29. The van der Waals surface area contributed by atoms with E-state index in [1.54, 1.807) is 0 Å². The van der Waals surface area contributed by atoms with Gasteiger partial charge in [-0.25, -0.2) is 0 Å². The van der Waals surface area contributed by atoms with E-state index in [0.717, 1.165) is 22.7 Å². The van der Waals surface area contributed by atoms with E-state index in [1.807, 2.05) is 38.1 Å². The highest BCUT2D eigenvalue weighted by Gasteiger charge is 2.38. The molecule has 5 heteroatoms. The fourth-order valence-corrected chi connectivity index (χ4v) is 2.42. The lowest BCUT2D eigenvalue weighted by Gasteiger charge is -2.16. The standard InChI is InChI=1S/C14H16ClNO3/c1-14(2)17-8-13(18-14)11-7-12(19-16-11)9-3-5-10(15)6-4-9/h3-6,12-13H,7-8H2,1-2H3/t12-,13+/m1/s1. The lowest BCUT2D eigenvalue weighted by Crippen LogP contribution is -2.26. The summed E-state index contributed by atoms with van der Waals surface area (Å²) >= 11 is 5.88. The highest BCUT2D eigenvalue weighted by molar-refractivity contribution is 6.30. The molecule has 0 spiro atoms. The van der Waals surface area contributed by atoms with E-state index < -0.39 is 5.79 Å². The summed E-state index contributed by atoms with van der Waals surface area (Å²) in [5.41, 5.74) is 1.98. The first kappa shape index (κ1) is 12.9. The molecule has 1 aromatic rings. The van der Waals surface area contributed by atoms with Gasteiger partial charge < -0.3 is 14.3 Å². The Morgan fingerprint density at radius 3 is 2.58 bits per heavy atom. The van der Waals surface area contributed by atoms with Crippen molar-refractivity contribution in [2.24, 2.45) is 5.16 Å². The summed E-state index contributed by atoms with van der Waals surface area (Å²) in [7, 11) is 0. The summed E-state index contributed by atoms with van der Waals surface area (Å²) < 4.78 is 11.3. The normalized spacial score (nSPS) is 29.1. The molecule has 4 nitrogen and oxygen atoms in total. The van der Waals surface area contributed by atoms with Crippen LogP contribution in [0.1, 0.15) is 31.9 Å². The van der Waals surface area contributed by atoms with Gasteiger partial charge in [0.15, 0.2) is 11.9 Å². The largest absolute Gasteiger partial charge is 0.387 e. The molecule has 1 saturated heterocycles. The van der Waals surface area contributed by atoms with Gasteiger partial charge in [-0.3, -0.25) is 0 Å². The molecular weight excluding hydrogens is 266 g/mol. The van der Waals surface area contributed by atoms with Gasteiger partial charge in [0.1, 0.15) is 6.10 Å². The lowest BCUT2D eigenvalue weighted by atomic mass is 10.0. The molecule has 0 unspecified atom stereocenters. The van der Waals surface area contributed by atoms with Crippen LogP contribution in [0.2, 0.25) is 5.02 Å². The van der Waals surface area contributed by atoms with E-state index in [1.165, 1.54) is 0 Å². The second kappa shape index (κ2) is 4.78. The molecule has 2 aliphatic rings. The fraction of sp³-hybridized carbons (Fsp3) is 0.500. The van der Waals surface area contributed by atoms with Crippen molar-refractivity contribution < 1.29 is 14.3 Å². The second-order valence-corrected chi connectivity index (χ2v) is 5.69. The number of ether oxygens (including phenoxy) is 2. The van der Waals surface area contributed by atoms with Crippen LogP contribution in [0, 0.1) is 0 Å². The van der Waals surface area contributed by atoms with E-state index in [9.17, 15) is 0 Å². The molecular formula is C14H16ClNO3. The van der Waals surface area contributed by atoms with Gasteiger partial charge in [-0.1, -0.05) is 28.9 Å². The maximum Gasteiger partial charge on any atom is 0.163 e. The molecule has 0 aliphatic carbocycles. The van der Waals surface area contributed by atoms with E-state index in [0.29, 0.717) is 6.61 Å². The molecule has 0 radical (unpaired) electrons. The Labute approximate surface area is 117 Å². The average molecular weight is 282 g/mol. The lowest BCUT2D eigenvalue weighted by molar-refractivity contribution is -0.131. The minimum Gasteiger partial charge on any atom is -0.387 e. The first-order valence-corrected chi connectivity index (χ1v) is 6.71. The SMILES string of the molecule is CC1(C)OC[C@@H](C2=NO[C@@H](c3ccc(Cl)cc3)C2)O1. The van der Waals surface area contributed by atoms with Crippen LogP contribution in [0.5, 0.6) is 0 Å². The average Bonchev–Trinajstić information content (AvgIpc) is 2.96. The molecule has 3 rings (SSSR count). The summed E-state index contributed by atoms with van der Waals surface area (Å²) in [5, 5.41) is 4.86. The van der Waals surface area contributed by atoms with Crippen LogP contribution in [0.25, 0.3) is 0 Å². The van der Waals surface area contributed by atoms with Gasteiger partial charge in [0, 0.05) is 11.4 Å². The van der Waals surface area contributed by atoms with Crippen molar-refractivity contribution in [3.8, 4) is 0 Å². The van der Waals surface area contributed by atoms with Gasteiger partial charge in [-0.2, -0.15) is 0 Å². The van der Waals surface area contributed by atoms with E-state index in [-0.39, 0.29) is 12.2 Å². The smallest absolute Gasteiger partial charge is 0.163 e. The molecule has 0 saturated carbocycles. The third-order valence-electron chi connectivity index (χ3n) is 3.31. The van der Waals surface area contributed by atoms with Crippen molar-refractivity contribution in [2.45, 2.75) is 38.3 Å². The molecule has 2 atom stereocenters. The Bertz CT molecular complexity index is 498. The topological polar surface area (TPSA) is 40.0 Å². The summed E-state index contributed by atoms with van der Waals surface area (Å²) in [6, 6.07) is 7.63. The zero-order valence-corrected chi connectivity index (χ0v) is 11.7. The Balaban J connectivity index is 1.65. The van der Waals surface area contributed by atoms with Crippen LogP contribution in [0.15, 0.2) is 29.4 Å². The number of halogens is 1. The van der Waals surface area contributed by atoms with E-state index in [2.05, 4.69) is 5.16 Å². The van der Waals surface area contributed by atoms with Crippen molar-refractivity contribution >= 4 is 17.3 Å². The molecule has 102 valence electrons. The van der Waals surface area contributed by atoms with Crippen molar-refractivity contribution in [1.29, 1.82) is 0 Å². The first-order chi connectivity index (χ1) is 9.03. The van der Waals surface area contributed by atoms with Crippen LogP contribution in [0.3, 0.4) is 0 Å². The molecule has 0 aromatic heterocycles. The predicted molar refractivity (Wildman–Crippen MR) is 72.2 cm³/mol. The van der Waals surface area contributed by atoms with Crippen molar-refractivity contribution in [1.82, 2.24) is 0 Å². The zero-order valence-electron chi connectivity index (χ0n) is 10.9. The van der Waals surface area contributed by atoms with Gasteiger partial charge in [-0.05, 0) is 31.5 Å². The number of oxime groups is 1. The highest BCUT2D eigenvalue weighted by Crippen LogP contribution is 2.32. The number of nitrogens with zero attached hydrogens (tertiary/aromatic N) is 1. The highest BCUT2D eigenvalue weighted by atomic mass is 35.5. The monoisotopic (exact) mass is 281 g/mol. The third kappa shape index (κ3) is 2.76. The first-order valence-electron chi connectivity index (χ1n) is 6.33. The molecule has 19 heavy (non-hydrogen) atoms. The summed E-state index contributed by atoms with van der Waals surface area (Å²) in [5.74, 6) is -0.536. The van der Waals surface area contributed by atoms with Gasteiger partial charge in [0.2, 0.25) is 0 Å². The second-order valence-electron chi connectivity index (χ2n) is 5.25. The summed E-state index contributed by atoms with van der Waals surface area (Å²) in [6.07, 6.45) is 0.568. The molecule has 0 bridgehead atoms. The third-order valence-corrected chi connectivity index (χ3v) is 3.57. The Morgan fingerprint density at radius 2 is 1.95 bits per heavy atom. The van der Waals surface area contributed by atoms with Gasteiger partial charge in [0.05, 0.1) is 12.3 Å². The van der Waals surface area contributed by atoms with E-state index >= 15 is 0 Å². The summed E-state index contributed by atoms with van der Waals surface area (Å²) in [4.78, 5) is 5.48. The minimum absolute atomic E-state index is 0.0559. The number of hydrogen-bond donors (Lipinski definition) is 0. The minimum atomic E-state index is -0.536. The molecule has 0 amide bonds. The van der Waals surface area contributed by atoms with Crippen LogP contribution < -0.4 is 0 Å². The van der Waals surface area contributed by atoms with Crippen molar-refractivity contribution in [3.63, 3.8) is 0 Å². The number of hydrogen-bond acceptors (Lipinski definition) is 4. The maximum atomic E-state index is 5.88. The van der Waals surface area contributed by atoms with Crippen molar-refractivity contribution in [3.05, 3.63) is 34.9 Å². The van der Waals surface area contributed by atoms with Gasteiger partial charge in [-0.15, -0.1) is 0 Å². The van der Waals surface area contributed by atoms with Gasteiger partial charge >= 0.3 is 0 Å². The van der Waals surface area contributed by atoms with E-state index in [4.69, 9.17) is 25.9 Å². The predicted octanol–water partition coefficient (Wildman–Crippen LogP) is 3.31. The summed E-state index contributed by atoms with van der Waals surface area (Å²) in [6.45, 7) is 4.34. The number of benzene rings is 1.